The van der Waals surface area contributed by atoms with Gasteiger partial charge in [-0.15, -0.1) is 0 Å². The summed E-state index contributed by atoms with van der Waals surface area (Å²) in [5.41, 5.74) is 9.41. The van der Waals surface area contributed by atoms with Crippen LogP contribution < -0.4 is 5.73 Å². The SMILES string of the molecule is CC(C)Cn1c(CN)nc2cc(C(C)C)ccc21. The maximum Gasteiger partial charge on any atom is 0.123 e. The Bertz CT molecular complexity index is 538. The molecule has 0 saturated heterocycles. The molecule has 0 saturated carbocycles. The van der Waals surface area contributed by atoms with E-state index in [0.717, 1.165) is 17.9 Å². The summed E-state index contributed by atoms with van der Waals surface area (Å²) >= 11 is 0. The van der Waals surface area contributed by atoms with E-state index in [4.69, 9.17) is 5.73 Å². The maximum atomic E-state index is 5.80. The molecule has 18 heavy (non-hydrogen) atoms. The second-order valence-corrected chi connectivity index (χ2v) is 5.64. The lowest BCUT2D eigenvalue weighted by Crippen LogP contribution is -2.11. The Kier molecular flexibility index (Phi) is 3.71. The molecule has 0 unspecified atom stereocenters. The van der Waals surface area contributed by atoms with Gasteiger partial charge in [0.2, 0.25) is 0 Å². The molecule has 1 aromatic carbocycles. The van der Waals surface area contributed by atoms with E-state index >= 15 is 0 Å². The quantitative estimate of drug-likeness (QED) is 0.898. The second-order valence-electron chi connectivity index (χ2n) is 5.64. The molecule has 0 amide bonds. The van der Waals surface area contributed by atoms with E-state index in [1.807, 2.05) is 0 Å². The molecule has 1 heterocycles. The van der Waals surface area contributed by atoms with E-state index < -0.39 is 0 Å². The smallest absolute Gasteiger partial charge is 0.123 e. The molecule has 0 spiro atoms. The predicted molar refractivity (Wildman–Crippen MR) is 76.6 cm³/mol. The standard InChI is InChI=1S/C15H23N3/c1-10(2)9-18-14-6-5-12(11(3)4)7-13(14)17-15(18)8-16/h5-7,10-11H,8-9,16H2,1-4H3. The zero-order chi connectivity index (χ0) is 13.3. The molecule has 2 rings (SSSR count). The Hall–Kier alpha value is -1.35. The number of hydrogen-bond acceptors (Lipinski definition) is 2. The highest BCUT2D eigenvalue weighted by molar-refractivity contribution is 5.77. The van der Waals surface area contributed by atoms with Crippen LogP contribution in [0.15, 0.2) is 18.2 Å². The molecule has 0 aliphatic rings. The third kappa shape index (κ3) is 2.41. The summed E-state index contributed by atoms with van der Waals surface area (Å²) in [7, 11) is 0. The molecular weight excluding hydrogens is 222 g/mol. The highest BCUT2D eigenvalue weighted by Gasteiger charge is 2.11. The summed E-state index contributed by atoms with van der Waals surface area (Å²) in [6.45, 7) is 10.3. The van der Waals surface area contributed by atoms with Gasteiger partial charge in [-0.3, -0.25) is 0 Å². The molecule has 1 aromatic heterocycles. The third-order valence-electron chi connectivity index (χ3n) is 3.25. The lowest BCUT2D eigenvalue weighted by atomic mass is 10.0. The highest BCUT2D eigenvalue weighted by Crippen LogP contribution is 2.23. The van der Waals surface area contributed by atoms with Crippen LogP contribution in [0.5, 0.6) is 0 Å². The number of nitrogens with two attached hydrogens (primary N) is 1. The average molecular weight is 245 g/mol. The molecule has 0 radical (unpaired) electrons. The Morgan fingerprint density at radius 2 is 1.94 bits per heavy atom. The van der Waals surface area contributed by atoms with Crippen molar-refractivity contribution in [1.29, 1.82) is 0 Å². The van der Waals surface area contributed by atoms with Gasteiger partial charge in [-0.25, -0.2) is 4.98 Å². The van der Waals surface area contributed by atoms with Gasteiger partial charge >= 0.3 is 0 Å². The van der Waals surface area contributed by atoms with Crippen LogP contribution in [0.4, 0.5) is 0 Å². The van der Waals surface area contributed by atoms with Crippen LogP contribution in [0.25, 0.3) is 11.0 Å². The van der Waals surface area contributed by atoms with Crippen molar-refractivity contribution in [3.05, 3.63) is 29.6 Å². The van der Waals surface area contributed by atoms with Crippen molar-refractivity contribution in [2.24, 2.45) is 11.7 Å². The van der Waals surface area contributed by atoms with Crippen LogP contribution in [0.2, 0.25) is 0 Å². The fourth-order valence-electron chi connectivity index (χ4n) is 2.28. The molecule has 0 atom stereocenters. The number of rotatable bonds is 4. The number of hydrogen-bond donors (Lipinski definition) is 1. The van der Waals surface area contributed by atoms with Crippen molar-refractivity contribution in [1.82, 2.24) is 9.55 Å². The molecule has 3 heteroatoms. The summed E-state index contributed by atoms with van der Waals surface area (Å²) in [5, 5.41) is 0. The van der Waals surface area contributed by atoms with Gasteiger partial charge in [-0.2, -0.15) is 0 Å². The van der Waals surface area contributed by atoms with E-state index in [1.54, 1.807) is 0 Å². The number of benzene rings is 1. The Morgan fingerprint density at radius 1 is 1.22 bits per heavy atom. The first-order chi connectivity index (χ1) is 8.52. The van der Waals surface area contributed by atoms with E-state index in [0.29, 0.717) is 18.4 Å². The topological polar surface area (TPSA) is 43.8 Å². The van der Waals surface area contributed by atoms with Gasteiger partial charge in [0, 0.05) is 6.54 Å². The fraction of sp³-hybridized carbons (Fsp3) is 0.533. The van der Waals surface area contributed by atoms with Crippen molar-refractivity contribution >= 4 is 11.0 Å². The Labute approximate surface area is 109 Å². The van der Waals surface area contributed by atoms with Crippen LogP contribution in [-0.4, -0.2) is 9.55 Å². The molecular formula is C15H23N3. The summed E-state index contributed by atoms with van der Waals surface area (Å²) in [6, 6.07) is 6.57. The minimum Gasteiger partial charge on any atom is -0.327 e. The number of imidazole rings is 1. The van der Waals surface area contributed by atoms with Gasteiger partial charge in [0.25, 0.3) is 0 Å². The summed E-state index contributed by atoms with van der Waals surface area (Å²) in [5.74, 6) is 2.11. The summed E-state index contributed by atoms with van der Waals surface area (Å²) in [6.07, 6.45) is 0. The van der Waals surface area contributed by atoms with E-state index in [-0.39, 0.29) is 0 Å². The van der Waals surface area contributed by atoms with Gasteiger partial charge in [-0.1, -0.05) is 33.8 Å². The summed E-state index contributed by atoms with van der Waals surface area (Å²) < 4.78 is 2.25. The number of aromatic nitrogens is 2. The monoisotopic (exact) mass is 245 g/mol. The van der Waals surface area contributed by atoms with Crippen LogP contribution in [0.1, 0.15) is 45.0 Å². The van der Waals surface area contributed by atoms with Gasteiger partial charge in [0.05, 0.1) is 17.6 Å². The molecule has 0 fully saturated rings. The molecule has 98 valence electrons. The molecule has 0 bridgehead atoms. The molecule has 3 nitrogen and oxygen atoms in total. The largest absolute Gasteiger partial charge is 0.327 e. The maximum absolute atomic E-state index is 5.80. The third-order valence-corrected chi connectivity index (χ3v) is 3.25. The van der Waals surface area contributed by atoms with Crippen molar-refractivity contribution in [2.75, 3.05) is 0 Å². The van der Waals surface area contributed by atoms with Gasteiger partial charge in [-0.05, 0) is 29.5 Å². The van der Waals surface area contributed by atoms with Crippen molar-refractivity contribution < 1.29 is 0 Å². The molecule has 2 aromatic rings. The van der Waals surface area contributed by atoms with E-state index in [1.165, 1.54) is 11.1 Å². The van der Waals surface area contributed by atoms with Crippen molar-refractivity contribution in [3.8, 4) is 0 Å². The van der Waals surface area contributed by atoms with Crippen molar-refractivity contribution in [3.63, 3.8) is 0 Å². The minimum atomic E-state index is 0.498. The molecule has 0 aliphatic carbocycles. The van der Waals surface area contributed by atoms with Crippen LogP contribution in [0, 0.1) is 5.92 Å². The molecule has 0 aliphatic heterocycles. The normalized spacial score (nSPS) is 11.9. The first-order valence-electron chi connectivity index (χ1n) is 6.72. The Morgan fingerprint density at radius 3 is 2.50 bits per heavy atom. The predicted octanol–water partition coefficient (Wildman–Crippen LogP) is 3.27. The first kappa shape index (κ1) is 13.1. The van der Waals surface area contributed by atoms with E-state index in [2.05, 4.69) is 55.4 Å². The summed E-state index contributed by atoms with van der Waals surface area (Å²) in [4.78, 5) is 4.67. The van der Waals surface area contributed by atoms with Crippen molar-refractivity contribution in [2.45, 2.75) is 46.7 Å². The number of fused-ring (bicyclic) bond motifs is 1. The number of nitrogens with zero attached hydrogens (tertiary/aromatic N) is 2. The second kappa shape index (κ2) is 5.11. The van der Waals surface area contributed by atoms with E-state index in [9.17, 15) is 0 Å². The lowest BCUT2D eigenvalue weighted by molar-refractivity contribution is 0.517. The first-order valence-corrected chi connectivity index (χ1v) is 6.72. The zero-order valence-corrected chi connectivity index (χ0v) is 11.8. The fourth-order valence-corrected chi connectivity index (χ4v) is 2.28. The average Bonchev–Trinajstić information content (AvgIpc) is 2.65. The minimum absolute atomic E-state index is 0.498. The van der Waals surface area contributed by atoms with Gasteiger partial charge < -0.3 is 10.3 Å². The zero-order valence-electron chi connectivity index (χ0n) is 11.8. The van der Waals surface area contributed by atoms with Crippen LogP contribution in [-0.2, 0) is 13.1 Å². The Balaban J connectivity index is 2.55. The van der Waals surface area contributed by atoms with Crippen LogP contribution >= 0.6 is 0 Å². The van der Waals surface area contributed by atoms with Gasteiger partial charge in [0.1, 0.15) is 5.82 Å². The molecule has 2 N–H and O–H groups in total. The highest BCUT2D eigenvalue weighted by atomic mass is 15.1. The lowest BCUT2D eigenvalue weighted by Gasteiger charge is -2.11. The van der Waals surface area contributed by atoms with Gasteiger partial charge in [0.15, 0.2) is 0 Å². The van der Waals surface area contributed by atoms with Crippen LogP contribution in [0.3, 0.4) is 0 Å².